The smallest absolute Gasteiger partial charge is 0.255 e. The van der Waals surface area contributed by atoms with Crippen LogP contribution in [0.1, 0.15) is 16.2 Å². The molecule has 0 saturated heterocycles. The van der Waals surface area contributed by atoms with E-state index in [2.05, 4.69) is 15.5 Å². The van der Waals surface area contributed by atoms with Crippen LogP contribution in [0.3, 0.4) is 0 Å². The second-order valence-corrected chi connectivity index (χ2v) is 8.26. The van der Waals surface area contributed by atoms with Gasteiger partial charge in [0.25, 0.3) is 5.91 Å². The number of benzene rings is 3. The third-order valence-corrected chi connectivity index (χ3v) is 5.37. The van der Waals surface area contributed by atoms with E-state index in [9.17, 15) is 4.79 Å². The zero-order valence-electron chi connectivity index (χ0n) is 20.2. The number of rotatable bonds is 9. The maximum absolute atomic E-state index is 12.8. The number of carbonyl (C=O) groups is 1. The Balaban J connectivity index is 1.42. The molecule has 0 bridgehead atoms. The molecule has 3 aromatic carbocycles. The fraction of sp³-hybridized carbons (Fsp3) is 0.222. The summed E-state index contributed by atoms with van der Waals surface area (Å²) in [5, 5.41) is 6.87. The molecule has 4 aromatic rings. The molecule has 1 amide bonds. The van der Waals surface area contributed by atoms with Crippen molar-refractivity contribution < 1.29 is 18.8 Å². The topological polar surface area (TPSA) is 89.7 Å². The lowest BCUT2D eigenvalue weighted by Crippen LogP contribution is -2.19. The minimum atomic E-state index is -0.205. The first-order chi connectivity index (χ1) is 16.9. The zero-order chi connectivity index (χ0) is 24.8. The number of ether oxygens (including phenoxy) is 2. The number of aryl methyl sites for hydroxylation is 1. The third kappa shape index (κ3) is 6.04. The minimum Gasteiger partial charge on any atom is -0.493 e. The molecule has 0 spiro atoms. The molecule has 0 aliphatic rings. The van der Waals surface area contributed by atoms with Crippen molar-refractivity contribution >= 4 is 11.6 Å². The van der Waals surface area contributed by atoms with E-state index in [1.807, 2.05) is 55.4 Å². The molecular formula is C27H28N4O4. The number of hydrogen-bond donors (Lipinski definition) is 1. The molecule has 0 atom stereocenters. The molecule has 1 heterocycles. The first-order valence-corrected chi connectivity index (χ1v) is 11.2. The molecule has 1 N–H and O–H groups in total. The van der Waals surface area contributed by atoms with Crippen LogP contribution in [0.25, 0.3) is 22.5 Å². The lowest BCUT2D eigenvalue weighted by molar-refractivity contribution is 0.102. The second kappa shape index (κ2) is 10.8. The predicted molar refractivity (Wildman–Crippen MR) is 135 cm³/mol. The normalized spacial score (nSPS) is 10.9. The van der Waals surface area contributed by atoms with Crippen molar-refractivity contribution in [1.82, 2.24) is 15.0 Å². The maximum atomic E-state index is 12.8. The van der Waals surface area contributed by atoms with Gasteiger partial charge in [-0.1, -0.05) is 41.6 Å². The van der Waals surface area contributed by atoms with Crippen LogP contribution in [0.15, 0.2) is 71.3 Å². The van der Waals surface area contributed by atoms with Gasteiger partial charge >= 0.3 is 0 Å². The molecule has 35 heavy (non-hydrogen) atoms. The van der Waals surface area contributed by atoms with E-state index in [4.69, 9.17) is 14.0 Å². The van der Waals surface area contributed by atoms with Gasteiger partial charge in [-0.2, -0.15) is 4.98 Å². The Kier molecular flexibility index (Phi) is 7.42. The van der Waals surface area contributed by atoms with E-state index in [1.165, 1.54) is 0 Å². The van der Waals surface area contributed by atoms with Crippen LogP contribution in [-0.4, -0.2) is 55.3 Å². The number of aromatic nitrogens is 2. The molecule has 0 saturated carbocycles. The number of nitrogens with one attached hydrogen (secondary N) is 1. The lowest BCUT2D eigenvalue weighted by atomic mass is 10.0. The van der Waals surface area contributed by atoms with Crippen LogP contribution >= 0.6 is 0 Å². The van der Waals surface area contributed by atoms with Crippen LogP contribution in [0.5, 0.6) is 11.5 Å². The molecule has 180 valence electrons. The molecule has 4 rings (SSSR count). The summed E-state index contributed by atoms with van der Waals surface area (Å²) < 4.78 is 16.3. The first-order valence-electron chi connectivity index (χ1n) is 11.2. The Hall–Kier alpha value is -4.17. The molecule has 0 unspecified atom stereocenters. The molecule has 0 fully saturated rings. The highest BCUT2D eigenvalue weighted by Gasteiger charge is 2.11. The van der Waals surface area contributed by atoms with E-state index < -0.39 is 0 Å². The van der Waals surface area contributed by atoms with Gasteiger partial charge in [0.15, 0.2) is 11.5 Å². The van der Waals surface area contributed by atoms with Crippen molar-refractivity contribution in [3.8, 4) is 34.0 Å². The summed E-state index contributed by atoms with van der Waals surface area (Å²) in [4.78, 5) is 19.1. The summed E-state index contributed by atoms with van der Waals surface area (Å²) in [7, 11) is 5.55. The summed E-state index contributed by atoms with van der Waals surface area (Å²) in [6.07, 6.45) is 0. The molecule has 8 nitrogen and oxygen atoms in total. The summed E-state index contributed by atoms with van der Waals surface area (Å²) in [5.74, 6) is 2.09. The average Bonchev–Trinajstić information content (AvgIpc) is 3.30. The SMILES string of the molecule is COc1ccc(NC(=O)c2ccc(-c3ccc(-c4noc(C)n4)cc3)cc2)cc1OCCN(C)C. The second-order valence-electron chi connectivity index (χ2n) is 8.26. The van der Waals surface area contributed by atoms with Gasteiger partial charge in [-0.25, -0.2) is 0 Å². The fourth-order valence-electron chi connectivity index (χ4n) is 3.45. The van der Waals surface area contributed by atoms with Crippen molar-refractivity contribution in [3.63, 3.8) is 0 Å². The number of amides is 1. The highest BCUT2D eigenvalue weighted by Crippen LogP contribution is 2.30. The standard InChI is InChI=1S/C27H28N4O4/c1-18-28-26(30-35-18)21-9-5-19(6-10-21)20-7-11-22(12-8-20)27(32)29-23-13-14-24(33-4)25(17-23)34-16-15-31(2)3/h5-14,17H,15-16H2,1-4H3,(H,29,32). The Labute approximate surface area is 204 Å². The molecule has 0 radical (unpaired) electrons. The first kappa shape index (κ1) is 24.0. The summed E-state index contributed by atoms with van der Waals surface area (Å²) in [5.41, 5.74) is 4.09. The van der Waals surface area contributed by atoms with Crippen LogP contribution in [0, 0.1) is 6.92 Å². The maximum Gasteiger partial charge on any atom is 0.255 e. The van der Waals surface area contributed by atoms with Crippen molar-refractivity contribution in [2.45, 2.75) is 6.92 Å². The quantitative estimate of drug-likeness (QED) is 0.370. The van der Waals surface area contributed by atoms with Gasteiger partial charge in [-0.05, 0) is 49.5 Å². The molecule has 0 aliphatic heterocycles. The van der Waals surface area contributed by atoms with Gasteiger partial charge in [0.05, 0.1) is 7.11 Å². The minimum absolute atomic E-state index is 0.205. The van der Waals surface area contributed by atoms with E-state index in [-0.39, 0.29) is 5.91 Å². The van der Waals surface area contributed by atoms with Gasteiger partial charge < -0.3 is 24.2 Å². The lowest BCUT2D eigenvalue weighted by Gasteiger charge is -2.15. The summed E-state index contributed by atoms with van der Waals surface area (Å²) in [6, 6.07) is 20.7. The highest BCUT2D eigenvalue weighted by atomic mass is 16.5. The van der Waals surface area contributed by atoms with Crippen LogP contribution in [0.4, 0.5) is 5.69 Å². The number of carbonyl (C=O) groups excluding carboxylic acids is 1. The average molecular weight is 473 g/mol. The van der Waals surface area contributed by atoms with Gasteiger partial charge in [-0.15, -0.1) is 0 Å². The summed E-state index contributed by atoms with van der Waals surface area (Å²) >= 11 is 0. The van der Waals surface area contributed by atoms with Crippen molar-refractivity contribution in [3.05, 3.63) is 78.2 Å². The number of anilines is 1. The van der Waals surface area contributed by atoms with Gasteiger partial charge in [-0.3, -0.25) is 4.79 Å². The predicted octanol–water partition coefficient (Wildman–Crippen LogP) is 4.91. The number of methoxy groups -OCH3 is 1. The molecule has 0 aliphatic carbocycles. The Morgan fingerprint density at radius 2 is 1.60 bits per heavy atom. The van der Waals surface area contributed by atoms with E-state index in [1.54, 1.807) is 44.4 Å². The van der Waals surface area contributed by atoms with E-state index in [0.29, 0.717) is 41.1 Å². The van der Waals surface area contributed by atoms with Crippen LogP contribution in [0.2, 0.25) is 0 Å². The Morgan fingerprint density at radius 1 is 0.943 bits per heavy atom. The monoisotopic (exact) mass is 472 g/mol. The highest BCUT2D eigenvalue weighted by molar-refractivity contribution is 6.04. The third-order valence-electron chi connectivity index (χ3n) is 5.37. The van der Waals surface area contributed by atoms with Gasteiger partial charge in [0.1, 0.15) is 6.61 Å². The zero-order valence-corrected chi connectivity index (χ0v) is 20.2. The molecular weight excluding hydrogens is 444 g/mol. The van der Waals surface area contributed by atoms with Crippen molar-refractivity contribution in [2.75, 3.05) is 39.7 Å². The number of hydrogen-bond acceptors (Lipinski definition) is 7. The number of likely N-dealkylation sites (N-methyl/N-ethyl adjacent to an activating group) is 1. The largest absolute Gasteiger partial charge is 0.493 e. The van der Waals surface area contributed by atoms with Crippen molar-refractivity contribution in [2.24, 2.45) is 0 Å². The van der Waals surface area contributed by atoms with E-state index in [0.717, 1.165) is 23.2 Å². The Morgan fingerprint density at radius 3 is 2.20 bits per heavy atom. The molecule has 8 heteroatoms. The summed E-state index contributed by atoms with van der Waals surface area (Å²) in [6.45, 7) is 3.04. The van der Waals surface area contributed by atoms with Gasteiger partial charge in [0, 0.05) is 36.3 Å². The van der Waals surface area contributed by atoms with Crippen molar-refractivity contribution in [1.29, 1.82) is 0 Å². The fourth-order valence-corrected chi connectivity index (χ4v) is 3.45. The van der Waals surface area contributed by atoms with Crippen LogP contribution in [-0.2, 0) is 0 Å². The van der Waals surface area contributed by atoms with E-state index >= 15 is 0 Å². The van der Waals surface area contributed by atoms with Crippen LogP contribution < -0.4 is 14.8 Å². The number of nitrogens with zero attached hydrogens (tertiary/aromatic N) is 3. The Bertz CT molecular complexity index is 1280. The molecule has 1 aromatic heterocycles. The van der Waals surface area contributed by atoms with Gasteiger partial charge in [0.2, 0.25) is 11.7 Å².